The summed E-state index contributed by atoms with van der Waals surface area (Å²) in [6.07, 6.45) is -1.01. The van der Waals surface area contributed by atoms with Crippen molar-refractivity contribution in [2.75, 3.05) is 13.2 Å². The third kappa shape index (κ3) is 4.95. The minimum atomic E-state index is -4.33. The van der Waals surface area contributed by atoms with Gasteiger partial charge in [-0.05, 0) is 43.4 Å². The third-order valence-corrected chi connectivity index (χ3v) is 4.77. The predicted molar refractivity (Wildman–Crippen MR) is 85.0 cm³/mol. The first-order valence-electron chi connectivity index (χ1n) is 8.60. The molecule has 2 fully saturated rings. The highest BCUT2D eigenvalue weighted by atomic mass is 19.4. The van der Waals surface area contributed by atoms with Gasteiger partial charge in [-0.2, -0.15) is 13.2 Å². The number of alkyl halides is 3. The molecule has 1 aliphatic carbocycles. The van der Waals surface area contributed by atoms with Crippen LogP contribution in [0.4, 0.5) is 13.2 Å². The lowest BCUT2D eigenvalue weighted by Crippen LogP contribution is -2.49. The van der Waals surface area contributed by atoms with Crippen molar-refractivity contribution in [2.45, 2.75) is 56.5 Å². The van der Waals surface area contributed by atoms with Crippen molar-refractivity contribution >= 4 is 5.91 Å². The van der Waals surface area contributed by atoms with Crippen LogP contribution >= 0.6 is 0 Å². The Morgan fingerprint density at radius 1 is 1.08 bits per heavy atom. The van der Waals surface area contributed by atoms with Crippen LogP contribution in [-0.2, 0) is 26.9 Å². The molecular formula is C18H22F3NO3. The smallest absolute Gasteiger partial charge is 0.373 e. The number of ether oxygens (including phenoxy) is 2. The van der Waals surface area contributed by atoms with Gasteiger partial charge in [-0.15, -0.1) is 0 Å². The van der Waals surface area contributed by atoms with E-state index in [4.69, 9.17) is 9.47 Å². The number of halogens is 3. The lowest BCUT2D eigenvalue weighted by atomic mass is 9.89. The maximum Gasteiger partial charge on any atom is 0.416 e. The molecule has 7 heteroatoms. The van der Waals surface area contributed by atoms with Gasteiger partial charge in [-0.25, -0.2) is 0 Å². The first kappa shape index (κ1) is 18.2. The second kappa shape index (κ2) is 7.74. The summed E-state index contributed by atoms with van der Waals surface area (Å²) >= 11 is 0. The highest BCUT2D eigenvalue weighted by Gasteiger charge is 2.34. The summed E-state index contributed by atoms with van der Waals surface area (Å²) in [5.74, 6) is -0.0833. The molecule has 0 radical (unpaired) electrons. The Morgan fingerprint density at radius 3 is 2.44 bits per heavy atom. The van der Waals surface area contributed by atoms with Crippen LogP contribution in [0.1, 0.15) is 36.8 Å². The number of nitrogens with one attached hydrogen (secondary N) is 1. The van der Waals surface area contributed by atoms with Crippen LogP contribution in [0.25, 0.3) is 0 Å². The largest absolute Gasteiger partial charge is 0.416 e. The number of fused-ring (bicyclic) bond motifs is 1. The zero-order valence-corrected chi connectivity index (χ0v) is 13.8. The fraction of sp³-hybridized carbons (Fsp3) is 0.611. The zero-order chi connectivity index (χ0) is 17.9. The molecule has 25 heavy (non-hydrogen) atoms. The van der Waals surface area contributed by atoms with Gasteiger partial charge in [-0.1, -0.05) is 12.1 Å². The standard InChI is InChI=1S/C18H22F3NO3/c19-18(20,21)13-4-1-12(2-5-13)3-8-17(23)22-14-6-7-15-16(11-14)25-10-9-24-15/h1-2,4-5,14-16H,3,6-11H2,(H,22,23). The van der Waals surface area contributed by atoms with Gasteiger partial charge in [0.15, 0.2) is 0 Å². The van der Waals surface area contributed by atoms with E-state index in [2.05, 4.69) is 5.32 Å². The van der Waals surface area contributed by atoms with Gasteiger partial charge in [0.05, 0.1) is 31.0 Å². The summed E-state index contributed by atoms with van der Waals surface area (Å²) < 4.78 is 48.9. The SMILES string of the molecule is O=C(CCc1ccc(C(F)(F)F)cc1)NC1CCC2OCCOC2C1. The van der Waals surface area contributed by atoms with Crippen LogP contribution in [0.5, 0.6) is 0 Å². The van der Waals surface area contributed by atoms with Crippen LogP contribution in [0.15, 0.2) is 24.3 Å². The monoisotopic (exact) mass is 357 g/mol. The van der Waals surface area contributed by atoms with Gasteiger partial charge in [0.1, 0.15) is 0 Å². The van der Waals surface area contributed by atoms with Gasteiger partial charge in [0.25, 0.3) is 0 Å². The molecular weight excluding hydrogens is 335 g/mol. The van der Waals surface area contributed by atoms with Crippen molar-refractivity contribution in [3.63, 3.8) is 0 Å². The molecule has 2 aliphatic rings. The zero-order valence-electron chi connectivity index (χ0n) is 13.8. The van der Waals surface area contributed by atoms with E-state index in [1.165, 1.54) is 12.1 Å². The minimum absolute atomic E-state index is 0.0442. The van der Waals surface area contributed by atoms with E-state index >= 15 is 0 Å². The fourth-order valence-electron chi connectivity index (χ4n) is 3.42. The first-order chi connectivity index (χ1) is 11.9. The van der Waals surface area contributed by atoms with Gasteiger partial charge in [0, 0.05) is 12.5 Å². The molecule has 138 valence electrons. The number of rotatable bonds is 4. The molecule has 0 bridgehead atoms. The average Bonchev–Trinajstić information content (AvgIpc) is 2.59. The minimum Gasteiger partial charge on any atom is -0.373 e. The molecule has 1 amide bonds. The lowest BCUT2D eigenvalue weighted by Gasteiger charge is -2.39. The number of amides is 1. The molecule has 0 spiro atoms. The van der Waals surface area contributed by atoms with Crippen LogP contribution in [-0.4, -0.2) is 37.4 Å². The third-order valence-electron chi connectivity index (χ3n) is 4.77. The molecule has 3 atom stereocenters. The molecule has 1 saturated heterocycles. The number of benzene rings is 1. The summed E-state index contributed by atoms with van der Waals surface area (Å²) in [4.78, 5) is 12.1. The second-order valence-electron chi connectivity index (χ2n) is 6.59. The lowest BCUT2D eigenvalue weighted by molar-refractivity contribution is -0.158. The maximum atomic E-state index is 12.5. The molecule has 0 aromatic heterocycles. The first-order valence-corrected chi connectivity index (χ1v) is 8.60. The highest BCUT2D eigenvalue weighted by molar-refractivity contribution is 5.76. The number of carbonyl (C=O) groups excluding carboxylic acids is 1. The molecule has 1 heterocycles. The average molecular weight is 357 g/mol. The van der Waals surface area contributed by atoms with E-state index in [0.29, 0.717) is 19.6 Å². The van der Waals surface area contributed by atoms with E-state index in [-0.39, 0.29) is 30.6 Å². The normalized spacial score (nSPS) is 26.8. The Kier molecular flexibility index (Phi) is 5.64. The fourth-order valence-corrected chi connectivity index (χ4v) is 3.42. The second-order valence-corrected chi connectivity index (χ2v) is 6.59. The maximum absolute atomic E-state index is 12.5. The van der Waals surface area contributed by atoms with Crippen molar-refractivity contribution in [2.24, 2.45) is 0 Å². The van der Waals surface area contributed by atoms with E-state index < -0.39 is 11.7 Å². The Morgan fingerprint density at radius 2 is 1.76 bits per heavy atom. The highest BCUT2D eigenvalue weighted by Crippen LogP contribution is 2.29. The van der Waals surface area contributed by atoms with Crippen LogP contribution < -0.4 is 5.32 Å². The molecule has 1 aliphatic heterocycles. The molecule has 4 nitrogen and oxygen atoms in total. The van der Waals surface area contributed by atoms with Crippen LogP contribution in [0, 0.1) is 0 Å². The Bertz CT molecular complexity index is 588. The van der Waals surface area contributed by atoms with E-state index in [0.717, 1.165) is 37.0 Å². The number of hydrogen-bond donors (Lipinski definition) is 1. The summed E-state index contributed by atoms with van der Waals surface area (Å²) in [6, 6.07) is 5.02. The molecule has 1 N–H and O–H groups in total. The van der Waals surface area contributed by atoms with Crippen molar-refractivity contribution < 1.29 is 27.4 Å². The summed E-state index contributed by atoms with van der Waals surface area (Å²) in [7, 11) is 0. The van der Waals surface area contributed by atoms with E-state index in [1.54, 1.807) is 0 Å². The van der Waals surface area contributed by atoms with E-state index in [1.807, 2.05) is 0 Å². The molecule has 3 rings (SSSR count). The van der Waals surface area contributed by atoms with Gasteiger partial charge in [0.2, 0.25) is 5.91 Å². The van der Waals surface area contributed by atoms with Crippen molar-refractivity contribution in [1.29, 1.82) is 0 Å². The van der Waals surface area contributed by atoms with Crippen LogP contribution in [0.3, 0.4) is 0 Å². The molecule has 1 saturated carbocycles. The molecule has 1 aromatic rings. The van der Waals surface area contributed by atoms with Crippen molar-refractivity contribution in [3.8, 4) is 0 Å². The molecule has 1 aromatic carbocycles. The van der Waals surface area contributed by atoms with Gasteiger partial charge in [-0.3, -0.25) is 4.79 Å². The molecule has 3 unspecified atom stereocenters. The topological polar surface area (TPSA) is 47.6 Å². The number of hydrogen-bond acceptors (Lipinski definition) is 3. The van der Waals surface area contributed by atoms with E-state index in [9.17, 15) is 18.0 Å². The number of carbonyl (C=O) groups is 1. The summed E-state index contributed by atoms with van der Waals surface area (Å²) in [6.45, 7) is 1.22. The predicted octanol–water partition coefficient (Wildman–Crippen LogP) is 3.09. The van der Waals surface area contributed by atoms with Crippen LogP contribution in [0.2, 0.25) is 0 Å². The number of aryl methyl sites for hydroxylation is 1. The Labute approximate surface area is 144 Å². The summed E-state index contributed by atoms with van der Waals surface area (Å²) in [5, 5.41) is 3.00. The Balaban J connectivity index is 1.43. The van der Waals surface area contributed by atoms with Gasteiger partial charge >= 0.3 is 6.18 Å². The van der Waals surface area contributed by atoms with Crippen molar-refractivity contribution in [3.05, 3.63) is 35.4 Å². The Hall–Kier alpha value is -1.60. The van der Waals surface area contributed by atoms with Gasteiger partial charge < -0.3 is 14.8 Å². The quantitative estimate of drug-likeness (QED) is 0.901. The van der Waals surface area contributed by atoms with Crippen molar-refractivity contribution in [1.82, 2.24) is 5.32 Å². The summed E-state index contributed by atoms with van der Waals surface area (Å²) in [5.41, 5.74) is 0.0445.